The zero-order chi connectivity index (χ0) is 12.8. The molecule has 3 unspecified atom stereocenters. The molecule has 2 bridgehead atoms. The molecule has 2 fully saturated rings. The van der Waals surface area contributed by atoms with Crippen LogP contribution in [0.15, 0.2) is 30.3 Å². The van der Waals surface area contributed by atoms with Crippen molar-refractivity contribution in [3.8, 4) is 0 Å². The van der Waals surface area contributed by atoms with E-state index in [1.54, 1.807) is 7.11 Å². The minimum absolute atomic E-state index is 0.112. The fraction of sp³-hybridized carbons (Fsp3) is 0.571. The molecule has 0 spiro atoms. The highest BCUT2D eigenvalue weighted by Gasteiger charge is 2.34. The molecule has 0 aliphatic carbocycles. The van der Waals surface area contributed by atoms with E-state index in [0.717, 1.165) is 6.42 Å². The van der Waals surface area contributed by atoms with Gasteiger partial charge in [-0.15, -0.1) is 0 Å². The molecule has 1 N–H and O–H groups in total. The van der Waals surface area contributed by atoms with Gasteiger partial charge >= 0.3 is 0 Å². The molecule has 2 aliphatic heterocycles. The largest absolute Gasteiger partial charge is 0.393 e. The lowest BCUT2D eigenvalue weighted by molar-refractivity contribution is -0.116. The predicted molar refractivity (Wildman–Crippen MR) is 67.0 cm³/mol. The lowest BCUT2D eigenvalue weighted by Crippen LogP contribution is -2.28. The summed E-state index contributed by atoms with van der Waals surface area (Å²) in [7, 11) is 1.70. The van der Waals surface area contributed by atoms with E-state index < -0.39 is 0 Å². The molecular formula is C14H20O4. The molecule has 18 heavy (non-hydrogen) atoms. The molecule has 3 atom stereocenters. The number of ether oxygens (including phenoxy) is 3. The van der Waals surface area contributed by atoms with Crippen molar-refractivity contribution in [3.63, 3.8) is 0 Å². The van der Waals surface area contributed by atoms with Crippen molar-refractivity contribution < 1.29 is 19.3 Å². The predicted octanol–water partition coefficient (Wildman–Crippen LogP) is 1.72. The normalized spacial score (nSPS) is 29.6. The van der Waals surface area contributed by atoms with Crippen LogP contribution in [-0.4, -0.2) is 37.3 Å². The second kappa shape index (κ2) is 6.85. The monoisotopic (exact) mass is 252 g/mol. The van der Waals surface area contributed by atoms with Crippen LogP contribution in [0.25, 0.3) is 0 Å². The number of methoxy groups -OCH3 is 1. The maximum absolute atomic E-state index is 9.13. The van der Waals surface area contributed by atoms with Gasteiger partial charge in [0.1, 0.15) is 0 Å². The number of hydrogen-bond acceptors (Lipinski definition) is 4. The number of aliphatic hydroxyl groups is 1. The summed E-state index contributed by atoms with van der Waals surface area (Å²) in [6.45, 7) is 1.38. The van der Waals surface area contributed by atoms with Crippen molar-refractivity contribution in [1.82, 2.24) is 0 Å². The average molecular weight is 252 g/mol. The minimum Gasteiger partial charge on any atom is -0.393 e. The number of rotatable bonds is 2. The van der Waals surface area contributed by atoms with E-state index in [1.807, 2.05) is 30.3 Å². The number of fused-ring (bicyclic) bond motifs is 2. The first kappa shape index (κ1) is 13.5. The van der Waals surface area contributed by atoms with Gasteiger partial charge in [0.15, 0.2) is 6.29 Å². The summed E-state index contributed by atoms with van der Waals surface area (Å²) >= 11 is 0. The van der Waals surface area contributed by atoms with Gasteiger partial charge in [-0.1, -0.05) is 30.3 Å². The fourth-order valence-corrected chi connectivity index (χ4v) is 2.12. The average Bonchev–Trinajstić information content (AvgIpc) is 2.71. The third-order valence-corrected chi connectivity index (χ3v) is 2.97. The van der Waals surface area contributed by atoms with E-state index >= 15 is 0 Å². The van der Waals surface area contributed by atoms with E-state index in [1.165, 1.54) is 5.56 Å². The summed E-state index contributed by atoms with van der Waals surface area (Å²) in [6.07, 6.45) is 1.25. The second-order valence-corrected chi connectivity index (χ2v) is 4.56. The van der Waals surface area contributed by atoms with Gasteiger partial charge in [0.2, 0.25) is 0 Å². The van der Waals surface area contributed by atoms with E-state index in [4.69, 9.17) is 19.3 Å². The Kier molecular flexibility index (Phi) is 5.13. The van der Waals surface area contributed by atoms with Gasteiger partial charge in [0.25, 0.3) is 0 Å². The van der Waals surface area contributed by atoms with Crippen LogP contribution in [-0.2, 0) is 20.8 Å². The van der Waals surface area contributed by atoms with Crippen LogP contribution < -0.4 is 0 Å². The van der Waals surface area contributed by atoms with E-state index in [9.17, 15) is 0 Å². The first-order valence-electron chi connectivity index (χ1n) is 6.26. The molecule has 100 valence electrons. The zero-order valence-electron chi connectivity index (χ0n) is 10.6. The number of aliphatic hydroxyl groups excluding tert-OH is 1. The van der Waals surface area contributed by atoms with Crippen LogP contribution in [0.3, 0.4) is 0 Å². The van der Waals surface area contributed by atoms with Crippen molar-refractivity contribution in [2.24, 2.45) is 0 Å². The smallest absolute Gasteiger partial charge is 0.160 e. The maximum Gasteiger partial charge on any atom is 0.160 e. The Hall–Kier alpha value is -0.940. The lowest BCUT2D eigenvalue weighted by atomic mass is 10.1. The SMILES string of the molecule is COCc1ccccc1.OC1CC2COC(C1)O2. The molecule has 2 aliphatic rings. The molecule has 0 radical (unpaired) electrons. The van der Waals surface area contributed by atoms with Crippen molar-refractivity contribution in [2.45, 2.75) is 37.9 Å². The van der Waals surface area contributed by atoms with E-state index in [2.05, 4.69) is 0 Å². The minimum atomic E-state index is -0.198. The van der Waals surface area contributed by atoms with Crippen LogP contribution in [0.5, 0.6) is 0 Å². The number of hydrogen-bond donors (Lipinski definition) is 1. The molecule has 1 aromatic rings. The van der Waals surface area contributed by atoms with E-state index in [0.29, 0.717) is 19.6 Å². The summed E-state index contributed by atoms with van der Waals surface area (Å²) < 4.78 is 15.4. The van der Waals surface area contributed by atoms with Crippen molar-refractivity contribution in [3.05, 3.63) is 35.9 Å². The summed E-state index contributed by atoms with van der Waals surface area (Å²) in [5.74, 6) is 0. The molecule has 0 aromatic heterocycles. The Bertz CT molecular complexity index is 329. The third kappa shape index (κ3) is 4.07. The highest BCUT2D eigenvalue weighted by molar-refractivity contribution is 5.13. The first-order chi connectivity index (χ1) is 8.78. The van der Waals surface area contributed by atoms with Crippen LogP contribution >= 0.6 is 0 Å². The second-order valence-electron chi connectivity index (χ2n) is 4.56. The molecule has 2 heterocycles. The first-order valence-corrected chi connectivity index (χ1v) is 6.26. The Morgan fingerprint density at radius 2 is 2.06 bits per heavy atom. The van der Waals surface area contributed by atoms with Gasteiger partial charge in [-0.05, 0) is 5.56 Å². The van der Waals surface area contributed by atoms with Gasteiger partial charge < -0.3 is 19.3 Å². The molecule has 0 amide bonds. The van der Waals surface area contributed by atoms with Gasteiger partial charge in [-0.3, -0.25) is 0 Å². The Balaban J connectivity index is 0.000000134. The van der Waals surface area contributed by atoms with Gasteiger partial charge in [-0.25, -0.2) is 0 Å². The Labute approximate surface area is 107 Å². The fourth-order valence-electron chi connectivity index (χ4n) is 2.12. The van der Waals surface area contributed by atoms with Crippen molar-refractivity contribution in [1.29, 1.82) is 0 Å². The molecule has 4 heteroatoms. The summed E-state index contributed by atoms with van der Waals surface area (Å²) in [5, 5.41) is 9.13. The number of benzene rings is 1. The molecule has 1 aromatic carbocycles. The maximum atomic E-state index is 9.13. The lowest BCUT2D eigenvalue weighted by Gasteiger charge is -2.21. The molecule has 0 saturated carbocycles. The summed E-state index contributed by atoms with van der Waals surface area (Å²) in [6, 6.07) is 10.1. The summed E-state index contributed by atoms with van der Waals surface area (Å²) in [5.41, 5.74) is 1.22. The van der Waals surface area contributed by atoms with Crippen molar-refractivity contribution in [2.75, 3.05) is 13.7 Å². The molecule has 3 rings (SSSR count). The van der Waals surface area contributed by atoms with Crippen LogP contribution in [0, 0.1) is 0 Å². The molecular weight excluding hydrogens is 232 g/mol. The van der Waals surface area contributed by atoms with Gasteiger partial charge in [-0.2, -0.15) is 0 Å². The molecule has 2 saturated heterocycles. The van der Waals surface area contributed by atoms with Crippen LogP contribution in [0.1, 0.15) is 18.4 Å². The highest BCUT2D eigenvalue weighted by Crippen LogP contribution is 2.26. The van der Waals surface area contributed by atoms with Crippen LogP contribution in [0.2, 0.25) is 0 Å². The standard InChI is InChI=1S/C8H10O.C6H10O3/c1-9-7-8-5-3-2-4-6-8;7-4-1-5-3-8-6(2-4)9-5/h2-6H,7H2,1H3;4-7H,1-3H2. The van der Waals surface area contributed by atoms with Gasteiger partial charge in [0.05, 0.1) is 25.4 Å². The zero-order valence-corrected chi connectivity index (χ0v) is 10.6. The quantitative estimate of drug-likeness (QED) is 0.870. The van der Waals surface area contributed by atoms with Crippen molar-refractivity contribution >= 4 is 0 Å². The topological polar surface area (TPSA) is 47.9 Å². The van der Waals surface area contributed by atoms with E-state index in [-0.39, 0.29) is 18.5 Å². The summed E-state index contributed by atoms with van der Waals surface area (Å²) in [4.78, 5) is 0. The third-order valence-electron chi connectivity index (χ3n) is 2.97. The Morgan fingerprint density at radius 1 is 1.28 bits per heavy atom. The van der Waals surface area contributed by atoms with Crippen LogP contribution in [0.4, 0.5) is 0 Å². The highest BCUT2D eigenvalue weighted by atomic mass is 16.7. The molecule has 4 nitrogen and oxygen atoms in total. The van der Waals surface area contributed by atoms with Gasteiger partial charge in [0, 0.05) is 20.0 Å². The Morgan fingerprint density at radius 3 is 2.72 bits per heavy atom.